The van der Waals surface area contributed by atoms with E-state index in [1.54, 1.807) is 18.9 Å². The highest BCUT2D eigenvalue weighted by molar-refractivity contribution is 7.98. The van der Waals surface area contributed by atoms with Crippen molar-refractivity contribution in [3.8, 4) is 5.75 Å². The highest BCUT2D eigenvalue weighted by atomic mass is 32.2. The van der Waals surface area contributed by atoms with Crippen molar-refractivity contribution in [2.24, 2.45) is 0 Å². The summed E-state index contributed by atoms with van der Waals surface area (Å²) in [6, 6.07) is 26.0. The lowest BCUT2D eigenvalue weighted by Gasteiger charge is -2.18. The SMILES string of the molecule is CC[C@H](NC(=O)c1ccc(CSc2ccccc2)cc1)c1ccc(OC)cc1. The van der Waals surface area contributed by atoms with Gasteiger partial charge in [0.05, 0.1) is 13.2 Å². The molecule has 0 unspecified atom stereocenters. The number of carbonyl (C=O) groups is 1. The van der Waals surface area contributed by atoms with E-state index in [1.165, 1.54) is 10.5 Å². The van der Waals surface area contributed by atoms with Crippen LogP contribution < -0.4 is 10.1 Å². The maximum atomic E-state index is 12.7. The molecule has 0 aromatic heterocycles. The first-order chi connectivity index (χ1) is 13.7. The van der Waals surface area contributed by atoms with Gasteiger partial charge in [0.2, 0.25) is 0 Å². The van der Waals surface area contributed by atoms with Gasteiger partial charge in [0.1, 0.15) is 5.75 Å². The summed E-state index contributed by atoms with van der Waals surface area (Å²) in [6.45, 7) is 2.07. The monoisotopic (exact) mass is 391 g/mol. The standard InChI is InChI=1S/C24H25NO2S/c1-3-23(19-13-15-21(27-2)16-14-19)25-24(26)20-11-9-18(10-12-20)17-28-22-7-5-4-6-8-22/h4-16,23H,3,17H2,1-2H3,(H,25,26)/t23-/m0/s1. The summed E-state index contributed by atoms with van der Waals surface area (Å²) < 4.78 is 5.20. The molecule has 0 heterocycles. The van der Waals surface area contributed by atoms with Crippen molar-refractivity contribution in [3.63, 3.8) is 0 Å². The lowest BCUT2D eigenvalue weighted by atomic mass is 10.0. The molecule has 0 saturated carbocycles. The first-order valence-electron chi connectivity index (χ1n) is 9.41. The first kappa shape index (κ1) is 20.0. The molecule has 3 nitrogen and oxygen atoms in total. The second-order valence-electron chi connectivity index (χ2n) is 6.51. The fourth-order valence-electron chi connectivity index (χ4n) is 2.93. The smallest absolute Gasteiger partial charge is 0.251 e. The van der Waals surface area contributed by atoms with Gasteiger partial charge in [-0.2, -0.15) is 0 Å². The highest BCUT2D eigenvalue weighted by Crippen LogP contribution is 2.23. The number of thioether (sulfide) groups is 1. The van der Waals surface area contributed by atoms with Crippen molar-refractivity contribution < 1.29 is 9.53 Å². The minimum Gasteiger partial charge on any atom is -0.497 e. The molecule has 0 spiro atoms. The van der Waals surface area contributed by atoms with Crippen molar-refractivity contribution in [2.45, 2.75) is 30.0 Å². The second-order valence-corrected chi connectivity index (χ2v) is 7.55. The van der Waals surface area contributed by atoms with Gasteiger partial charge in [0.15, 0.2) is 0 Å². The number of ether oxygens (including phenoxy) is 1. The summed E-state index contributed by atoms with van der Waals surface area (Å²) in [5, 5.41) is 3.13. The number of nitrogens with one attached hydrogen (secondary N) is 1. The van der Waals surface area contributed by atoms with Crippen LogP contribution in [0.5, 0.6) is 5.75 Å². The molecule has 0 aliphatic carbocycles. The predicted octanol–water partition coefficient (Wildman–Crippen LogP) is 5.87. The summed E-state index contributed by atoms with van der Waals surface area (Å²) in [4.78, 5) is 13.9. The van der Waals surface area contributed by atoms with E-state index >= 15 is 0 Å². The van der Waals surface area contributed by atoms with Crippen molar-refractivity contribution in [3.05, 3.63) is 95.6 Å². The van der Waals surface area contributed by atoms with Crippen molar-refractivity contribution >= 4 is 17.7 Å². The van der Waals surface area contributed by atoms with Gasteiger partial charge in [0, 0.05) is 16.2 Å². The number of hydrogen-bond donors (Lipinski definition) is 1. The molecule has 4 heteroatoms. The minimum absolute atomic E-state index is 0.0216. The molecule has 3 rings (SSSR count). The zero-order valence-electron chi connectivity index (χ0n) is 16.2. The fraction of sp³-hybridized carbons (Fsp3) is 0.208. The summed E-state index contributed by atoms with van der Waals surface area (Å²) in [7, 11) is 1.65. The van der Waals surface area contributed by atoms with Crippen LogP contribution in [-0.4, -0.2) is 13.0 Å². The Morgan fingerprint density at radius 3 is 2.25 bits per heavy atom. The van der Waals surface area contributed by atoms with E-state index in [4.69, 9.17) is 4.74 Å². The van der Waals surface area contributed by atoms with Crippen LogP contribution in [0.1, 0.15) is 40.9 Å². The number of rotatable bonds is 8. The summed E-state index contributed by atoms with van der Waals surface area (Å²) >= 11 is 1.79. The van der Waals surface area contributed by atoms with Crippen LogP contribution in [0.15, 0.2) is 83.8 Å². The molecular weight excluding hydrogens is 366 g/mol. The quantitative estimate of drug-likeness (QED) is 0.488. The van der Waals surface area contributed by atoms with Crippen LogP contribution in [0, 0.1) is 0 Å². The molecule has 0 radical (unpaired) electrons. The number of amides is 1. The van der Waals surface area contributed by atoms with Gasteiger partial charge in [0.25, 0.3) is 5.91 Å². The Balaban J connectivity index is 1.59. The lowest BCUT2D eigenvalue weighted by molar-refractivity contribution is 0.0935. The molecular formula is C24H25NO2S. The Bertz CT molecular complexity index is 877. The van der Waals surface area contributed by atoms with E-state index in [0.717, 1.165) is 23.5 Å². The molecule has 1 amide bonds. The third-order valence-electron chi connectivity index (χ3n) is 4.60. The molecule has 1 N–H and O–H groups in total. The van der Waals surface area contributed by atoms with Gasteiger partial charge in [-0.3, -0.25) is 4.79 Å². The topological polar surface area (TPSA) is 38.3 Å². The van der Waals surface area contributed by atoms with E-state index in [1.807, 2.05) is 66.7 Å². The van der Waals surface area contributed by atoms with E-state index in [9.17, 15) is 4.79 Å². The highest BCUT2D eigenvalue weighted by Gasteiger charge is 2.14. The summed E-state index contributed by atoms with van der Waals surface area (Å²) in [5.41, 5.74) is 2.96. The maximum absolute atomic E-state index is 12.7. The van der Waals surface area contributed by atoms with E-state index in [-0.39, 0.29) is 11.9 Å². The van der Waals surface area contributed by atoms with Gasteiger partial charge in [-0.1, -0.05) is 49.4 Å². The molecule has 1 atom stereocenters. The largest absolute Gasteiger partial charge is 0.497 e. The Kier molecular flexibility index (Phi) is 7.15. The number of methoxy groups -OCH3 is 1. The normalized spacial score (nSPS) is 11.6. The molecule has 3 aromatic carbocycles. The molecule has 144 valence electrons. The van der Waals surface area contributed by atoms with Gasteiger partial charge in [-0.25, -0.2) is 0 Å². The first-order valence-corrected chi connectivity index (χ1v) is 10.4. The third kappa shape index (κ3) is 5.40. The molecule has 0 bridgehead atoms. The van der Waals surface area contributed by atoms with Gasteiger partial charge >= 0.3 is 0 Å². The molecule has 0 fully saturated rings. The number of carbonyl (C=O) groups excluding carboxylic acids is 1. The number of hydrogen-bond acceptors (Lipinski definition) is 3. The van der Waals surface area contributed by atoms with Crippen molar-refractivity contribution in [2.75, 3.05) is 7.11 Å². The predicted molar refractivity (Wildman–Crippen MR) is 116 cm³/mol. The fourth-order valence-corrected chi connectivity index (χ4v) is 3.81. The molecule has 0 aliphatic heterocycles. The molecule has 3 aromatic rings. The Labute approximate surface area is 171 Å². The Hall–Kier alpha value is -2.72. The van der Waals surface area contributed by atoms with Crippen LogP contribution in [-0.2, 0) is 5.75 Å². The Morgan fingerprint density at radius 1 is 0.964 bits per heavy atom. The van der Waals surface area contributed by atoms with Crippen LogP contribution in [0.2, 0.25) is 0 Å². The minimum atomic E-state index is -0.0510. The lowest BCUT2D eigenvalue weighted by Crippen LogP contribution is -2.28. The van der Waals surface area contributed by atoms with E-state index < -0.39 is 0 Å². The van der Waals surface area contributed by atoms with Crippen molar-refractivity contribution in [1.82, 2.24) is 5.32 Å². The number of benzene rings is 3. The van der Waals surface area contributed by atoms with Crippen molar-refractivity contribution in [1.29, 1.82) is 0 Å². The van der Waals surface area contributed by atoms with Crippen LogP contribution in [0.4, 0.5) is 0 Å². The van der Waals surface area contributed by atoms with Crippen LogP contribution in [0.25, 0.3) is 0 Å². The van der Waals surface area contributed by atoms with Gasteiger partial charge in [-0.05, 0) is 53.9 Å². The van der Waals surface area contributed by atoms with Gasteiger partial charge < -0.3 is 10.1 Å². The summed E-state index contributed by atoms with van der Waals surface area (Å²) in [5.74, 6) is 1.65. The average molecular weight is 392 g/mol. The van der Waals surface area contributed by atoms with E-state index in [0.29, 0.717) is 5.56 Å². The summed E-state index contributed by atoms with van der Waals surface area (Å²) in [6.07, 6.45) is 0.823. The average Bonchev–Trinajstić information content (AvgIpc) is 2.77. The van der Waals surface area contributed by atoms with Gasteiger partial charge in [-0.15, -0.1) is 11.8 Å². The zero-order chi connectivity index (χ0) is 19.8. The third-order valence-corrected chi connectivity index (χ3v) is 5.68. The molecule has 0 saturated heterocycles. The van der Waals surface area contributed by atoms with Crippen LogP contribution >= 0.6 is 11.8 Å². The molecule has 0 aliphatic rings. The van der Waals surface area contributed by atoms with Crippen LogP contribution in [0.3, 0.4) is 0 Å². The Morgan fingerprint density at radius 2 is 1.64 bits per heavy atom. The molecule has 28 heavy (non-hydrogen) atoms. The zero-order valence-corrected chi connectivity index (χ0v) is 17.0. The maximum Gasteiger partial charge on any atom is 0.251 e. The van der Waals surface area contributed by atoms with E-state index in [2.05, 4.69) is 24.4 Å². The second kappa shape index (κ2) is 10.00.